The molecule has 3 fully saturated rings. The summed E-state index contributed by atoms with van der Waals surface area (Å²) in [5, 5.41) is 12.7. The van der Waals surface area contributed by atoms with Gasteiger partial charge in [0.15, 0.2) is 0 Å². The van der Waals surface area contributed by atoms with Gasteiger partial charge in [-0.3, -0.25) is 9.59 Å². The van der Waals surface area contributed by atoms with Crippen LogP contribution in [0.3, 0.4) is 0 Å². The molecule has 5 nitrogen and oxygen atoms in total. The minimum absolute atomic E-state index is 0.0355. The van der Waals surface area contributed by atoms with Crippen molar-refractivity contribution in [2.75, 3.05) is 26.2 Å². The lowest BCUT2D eigenvalue weighted by Gasteiger charge is -2.23. The quantitative estimate of drug-likeness (QED) is 0.552. The Morgan fingerprint density at radius 2 is 1.75 bits per heavy atom. The molecule has 132 valence electrons. The number of hydrogen-bond acceptors (Lipinski definition) is 3. The predicted molar refractivity (Wildman–Crippen MR) is 90.3 cm³/mol. The van der Waals surface area contributed by atoms with Gasteiger partial charge in [0, 0.05) is 6.54 Å². The topological polar surface area (TPSA) is 69.6 Å². The van der Waals surface area contributed by atoms with Crippen molar-refractivity contribution >= 4 is 11.9 Å². The first-order valence-corrected chi connectivity index (χ1v) is 9.55. The van der Waals surface area contributed by atoms with Gasteiger partial charge in [-0.2, -0.15) is 0 Å². The lowest BCUT2D eigenvalue weighted by atomic mass is 9.82. The molecule has 1 heterocycles. The standard InChI is InChI=1S/C19H28N2O3/c22-17(20-9-1-2-10-21-11-3-4-12-21)15-13-5-6-14(16(15)18(23)24)19(13)7-8-19/h5-6,13-16H,1-4,7-12H2,(H,20,22)(H,23,24)/t13-,14+,15-,16-/m1/s1. The number of nitrogens with one attached hydrogen (secondary N) is 1. The highest BCUT2D eigenvalue weighted by molar-refractivity contribution is 5.87. The number of hydrogen-bond donors (Lipinski definition) is 2. The van der Waals surface area contributed by atoms with Crippen molar-refractivity contribution in [1.82, 2.24) is 10.2 Å². The first-order valence-electron chi connectivity index (χ1n) is 9.55. The van der Waals surface area contributed by atoms with Crippen LogP contribution in [0.15, 0.2) is 12.2 Å². The summed E-state index contributed by atoms with van der Waals surface area (Å²) in [5.41, 5.74) is 0.112. The van der Waals surface area contributed by atoms with Crippen molar-refractivity contribution in [3.05, 3.63) is 12.2 Å². The molecule has 0 unspecified atom stereocenters. The molecule has 5 heteroatoms. The van der Waals surface area contributed by atoms with E-state index in [0.29, 0.717) is 6.54 Å². The van der Waals surface area contributed by atoms with Gasteiger partial charge in [-0.05, 0) is 75.4 Å². The fourth-order valence-corrected chi connectivity index (χ4v) is 5.49. The number of likely N-dealkylation sites (tertiary alicyclic amines) is 1. The van der Waals surface area contributed by atoms with Crippen molar-refractivity contribution in [2.24, 2.45) is 29.1 Å². The van der Waals surface area contributed by atoms with Crippen LogP contribution in [0.2, 0.25) is 0 Å². The summed E-state index contributed by atoms with van der Waals surface area (Å²) in [6.07, 6.45) is 11.0. The lowest BCUT2D eigenvalue weighted by Crippen LogP contribution is -2.40. The Hall–Kier alpha value is -1.36. The summed E-state index contributed by atoms with van der Waals surface area (Å²) in [4.78, 5) is 26.9. The number of unbranched alkanes of at least 4 members (excludes halogenated alkanes) is 1. The number of carboxylic acid groups (broad SMARTS) is 1. The summed E-state index contributed by atoms with van der Waals surface area (Å²) in [6.45, 7) is 4.22. The van der Waals surface area contributed by atoms with E-state index in [-0.39, 0.29) is 29.1 Å². The molecule has 1 saturated heterocycles. The van der Waals surface area contributed by atoms with Crippen LogP contribution in [0.25, 0.3) is 0 Å². The van der Waals surface area contributed by atoms with Crippen molar-refractivity contribution < 1.29 is 14.7 Å². The first-order chi connectivity index (χ1) is 11.6. The van der Waals surface area contributed by atoms with Crippen LogP contribution < -0.4 is 5.32 Å². The predicted octanol–water partition coefficient (Wildman–Crippen LogP) is 1.89. The first kappa shape index (κ1) is 16.1. The average molecular weight is 332 g/mol. The maximum atomic E-state index is 12.7. The molecular weight excluding hydrogens is 304 g/mol. The van der Waals surface area contributed by atoms with Gasteiger partial charge < -0.3 is 15.3 Å². The molecule has 1 amide bonds. The van der Waals surface area contributed by atoms with E-state index >= 15 is 0 Å². The van der Waals surface area contributed by atoms with Crippen LogP contribution >= 0.6 is 0 Å². The summed E-state index contributed by atoms with van der Waals surface area (Å²) in [5.74, 6) is -1.50. The molecule has 4 aliphatic rings. The van der Waals surface area contributed by atoms with Crippen molar-refractivity contribution in [3.8, 4) is 0 Å². The molecule has 0 aromatic rings. The van der Waals surface area contributed by atoms with Gasteiger partial charge in [-0.25, -0.2) is 0 Å². The zero-order valence-electron chi connectivity index (χ0n) is 14.2. The summed E-state index contributed by atoms with van der Waals surface area (Å²) < 4.78 is 0. The molecule has 0 aromatic carbocycles. The Bertz CT molecular complexity index is 549. The number of amides is 1. The third-order valence-electron chi connectivity index (χ3n) is 6.83. The van der Waals surface area contributed by atoms with Crippen LogP contribution in [0.4, 0.5) is 0 Å². The van der Waals surface area contributed by atoms with E-state index in [2.05, 4.69) is 22.4 Å². The average Bonchev–Trinajstić information content (AvgIpc) is 2.93. The largest absolute Gasteiger partial charge is 0.481 e. The number of allylic oxidation sites excluding steroid dienone is 2. The van der Waals surface area contributed by atoms with Crippen LogP contribution in [0.5, 0.6) is 0 Å². The van der Waals surface area contributed by atoms with Gasteiger partial charge in [0.1, 0.15) is 0 Å². The summed E-state index contributed by atoms with van der Waals surface area (Å²) >= 11 is 0. The summed E-state index contributed by atoms with van der Waals surface area (Å²) in [7, 11) is 0. The second kappa shape index (κ2) is 6.17. The Kier molecular flexibility index (Phi) is 4.15. The highest BCUT2D eigenvalue weighted by Gasteiger charge is 2.69. The molecule has 2 bridgehead atoms. The molecule has 4 atom stereocenters. The van der Waals surface area contributed by atoms with Gasteiger partial charge >= 0.3 is 5.97 Å². The summed E-state index contributed by atoms with van der Waals surface area (Å²) in [6, 6.07) is 0. The second-order valence-corrected chi connectivity index (χ2v) is 8.11. The van der Waals surface area contributed by atoms with E-state index in [9.17, 15) is 14.7 Å². The van der Waals surface area contributed by atoms with Crippen LogP contribution in [-0.4, -0.2) is 48.1 Å². The number of carbonyl (C=O) groups excluding carboxylic acids is 1. The van der Waals surface area contributed by atoms with Crippen LogP contribution in [-0.2, 0) is 9.59 Å². The number of rotatable bonds is 7. The SMILES string of the molecule is O=C(NCCCCN1CCCC1)[C@H]1[C@H](C(=O)O)[C@@H]2C=C[C@H]1C21CC1. The maximum Gasteiger partial charge on any atom is 0.307 e. The maximum absolute atomic E-state index is 12.7. The number of carbonyl (C=O) groups is 2. The minimum atomic E-state index is -0.799. The normalized spacial score (nSPS) is 35.7. The lowest BCUT2D eigenvalue weighted by molar-refractivity contribution is -0.147. The molecule has 1 aliphatic heterocycles. The van der Waals surface area contributed by atoms with Crippen LogP contribution in [0, 0.1) is 29.1 Å². The van der Waals surface area contributed by atoms with E-state index < -0.39 is 11.9 Å². The number of aliphatic carboxylic acids is 1. The number of carboxylic acids is 1. The van der Waals surface area contributed by atoms with Crippen LogP contribution in [0.1, 0.15) is 38.5 Å². The molecule has 3 aliphatic carbocycles. The zero-order chi connectivity index (χ0) is 16.7. The fraction of sp³-hybridized carbons (Fsp3) is 0.789. The molecular formula is C19H28N2O3. The minimum Gasteiger partial charge on any atom is -0.481 e. The van der Waals surface area contributed by atoms with E-state index in [4.69, 9.17) is 0 Å². The molecule has 2 N–H and O–H groups in total. The molecule has 24 heavy (non-hydrogen) atoms. The van der Waals surface area contributed by atoms with Gasteiger partial charge in [0.05, 0.1) is 11.8 Å². The van der Waals surface area contributed by atoms with E-state index in [1.807, 2.05) is 0 Å². The van der Waals surface area contributed by atoms with E-state index in [1.54, 1.807) is 0 Å². The van der Waals surface area contributed by atoms with E-state index in [0.717, 1.165) is 32.2 Å². The fourth-order valence-electron chi connectivity index (χ4n) is 5.49. The van der Waals surface area contributed by atoms with Gasteiger partial charge in [-0.15, -0.1) is 0 Å². The Labute approximate surface area is 143 Å². The zero-order valence-corrected chi connectivity index (χ0v) is 14.2. The van der Waals surface area contributed by atoms with Crippen molar-refractivity contribution in [2.45, 2.75) is 38.5 Å². The third kappa shape index (κ3) is 2.57. The monoisotopic (exact) mass is 332 g/mol. The molecule has 4 rings (SSSR count). The number of nitrogens with zero attached hydrogens (tertiary/aromatic N) is 1. The third-order valence-corrected chi connectivity index (χ3v) is 6.83. The molecule has 1 spiro atoms. The molecule has 2 saturated carbocycles. The highest BCUT2D eigenvalue weighted by Crippen LogP contribution is 2.71. The Morgan fingerprint density at radius 3 is 2.38 bits per heavy atom. The van der Waals surface area contributed by atoms with Gasteiger partial charge in [0.25, 0.3) is 0 Å². The Balaban J connectivity index is 1.28. The Morgan fingerprint density at radius 1 is 1.08 bits per heavy atom. The second-order valence-electron chi connectivity index (χ2n) is 8.11. The molecule has 0 radical (unpaired) electrons. The molecule has 0 aromatic heterocycles. The van der Waals surface area contributed by atoms with Crippen molar-refractivity contribution in [3.63, 3.8) is 0 Å². The van der Waals surface area contributed by atoms with Gasteiger partial charge in [-0.1, -0.05) is 12.2 Å². The highest BCUT2D eigenvalue weighted by atomic mass is 16.4. The smallest absolute Gasteiger partial charge is 0.307 e. The van der Waals surface area contributed by atoms with Crippen molar-refractivity contribution in [1.29, 1.82) is 0 Å². The van der Waals surface area contributed by atoms with E-state index in [1.165, 1.54) is 25.9 Å². The van der Waals surface area contributed by atoms with Gasteiger partial charge in [0.2, 0.25) is 5.91 Å².